The summed E-state index contributed by atoms with van der Waals surface area (Å²) >= 11 is 0. The van der Waals surface area contributed by atoms with E-state index in [9.17, 15) is 0 Å². The number of hydrogen-bond acceptors (Lipinski definition) is 3. The molecular formula is C46B29NO2. The molecule has 2 heterocycles. The van der Waals surface area contributed by atoms with Crippen LogP contribution >= 0.6 is 0 Å². The first-order valence-electron chi connectivity index (χ1n) is 22.6. The molecule has 0 saturated heterocycles. The molecule has 8 aromatic carbocycles. The van der Waals surface area contributed by atoms with Crippen molar-refractivity contribution < 1.29 is 8.83 Å². The summed E-state index contributed by atoms with van der Waals surface area (Å²) < 4.78 is 13.6. The molecule has 78 heavy (non-hydrogen) atoms. The third-order valence-corrected chi connectivity index (χ3v) is 14.7. The molecule has 0 aliphatic rings. The smallest absolute Gasteiger partial charge is 0.158 e. The zero-order valence-corrected chi connectivity index (χ0v) is 41.0. The highest BCUT2D eigenvalue weighted by molar-refractivity contribution is 6.76. The Kier molecular flexibility index (Phi) is 13.9. The highest BCUT2D eigenvalue weighted by Gasteiger charge is 2.34. The van der Waals surface area contributed by atoms with E-state index in [2.05, 4.69) is 0 Å². The number of benzene rings is 8. The second-order valence-electron chi connectivity index (χ2n) is 18.6. The van der Waals surface area contributed by atoms with Gasteiger partial charge in [-0.05, 0) is 32.9 Å². The van der Waals surface area contributed by atoms with E-state index in [-0.39, 0.29) is 241 Å². The second kappa shape index (κ2) is 19.2. The van der Waals surface area contributed by atoms with Gasteiger partial charge in [-0.3, -0.25) is 0 Å². The molecule has 0 N–H and O–H groups in total. The molecular weight excluding hydrogens is 912 g/mol. The monoisotopic (exact) mass is 917 g/mol. The number of nitrogens with zero attached hydrogens (tertiary/aromatic N) is 1. The molecule has 3 nitrogen and oxygen atoms in total. The molecule has 0 aliphatic heterocycles. The van der Waals surface area contributed by atoms with E-state index in [1.807, 2.05) is 0 Å². The molecule has 32 heteroatoms. The van der Waals surface area contributed by atoms with Crippen LogP contribution in [-0.4, -0.2) is 228 Å². The van der Waals surface area contributed by atoms with Crippen LogP contribution in [0.3, 0.4) is 0 Å². The minimum Gasteiger partial charge on any atom is -0.457 e. The summed E-state index contributed by atoms with van der Waals surface area (Å²) in [5, 5.41) is -0.0538. The van der Waals surface area contributed by atoms with Gasteiger partial charge in [0.15, 0.2) is 5.58 Å². The van der Waals surface area contributed by atoms with E-state index >= 15 is 0 Å². The first-order chi connectivity index (χ1) is 36.4. The van der Waals surface area contributed by atoms with Crippen LogP contribution in [0.4, 0.5) is 17.1 Å². The maximum atomic E-state index is 7.24. The van der Waals surface area contributed by atoms with Crippen LogP contribution in [0, 0.1) is 0 Å². The third-order valence-electron chi connectivity index (χ3n) is 14.7. The Morgan fingerprint density at radius 3 is 0.846 bits per heavy atom. The minimum absolute atomic E-state index is 0.00288. The van der Waals surface area contributed by atoms with Crippen molar-refractivity contribution in [3.05, 3.63) is 0 Å². The lowest BCUT2D eigenvalue weighted by Crippen LogP contribution is -2.57. The van der Waals surface area contributed by atoms with E-state index in [1.54, 1.807) is 0 Å². The van der Waals surface area contributed by atoms with E-state index in [0.717, 1.165) is 0 Å². The van der Waals surface area contributed by atoms with Crippen molar-refractivity contribution in [1.82, 2.24) is 0 Å². The Balaban J connectivity index is 1.50. The summed E-state index contributed by atoms with van der Waals surface area (Å²) in [5.74, 6) is 0. The van der Waals surface area contributed by atoms with Gasteiger partial charge >= 0.3 is 0 Å². The number of hydrogen-bond donors (Lipinski definition) is 0. The molecule has 0 bridgehead atoms. The molecule has 288 valence electrons. The number of rotatable bonds is 5. The van der Waals surface area contributed by atoms with Gasteiger partial charge in [-0.15, -0.1) is 60.1 Å². The van der Waals surface area contributed by atoms with Gasteiger partial charge < -0.3 is 13.7 Å². The average molecular weight is 912 g/mol. The minimum atomic E-state index is -0.396. The van der Waals surface area contributed by atoms with Crippen LogP contribution in [0.2, 0.25) is 0 Å². The first-order valence-corrected chi connectivity index (χ1v) is 22.6. The highest BCUT2D eigenvalue weighted by Crippen LogP contribution is 2.44. The van der Waals surface area contributed by atoms with Gasteiger partial charge in [-0.25, -0.2) is 0 Å². The highest BCUT2D eigenvalue weighted by atomic mass is 16.3. The predicted molar refractivity (Wildman–Crippen MR) is 360 cm³/mol. The molecule has 0 fully saturated rings. The quantitative estimate of drug-likeness (QED) is 0.161. The lowest BCUT2D eigenvalue weighted by Gasteiger charge is -2.38. The van der Waals surface area contributed by atoms with Gasteiger partial charge in [0.2, 0.25) is 0 Å². The average Bonchev–Trinajstić information content (AvgIpc) is 4.05. The number of anilines is 3. The predicted octanol–water partition coefficient (Wildman–Crippen LogP) is -21.5. The summed E-state index contributed by atoms with van der Waals surface area (Å²) in [6, 6.07) is 0. The Hall–Kier alpha value is -4.70. The van der Waals surface area contributed by atoms with Gasteiger partial charge in [0.05, 0.1) is 5.69 Å². The maximum absolute atomic E-state index is 7.24. The third kappa shape index (κ3) is 7.33. The molecule has 0 amide bonds. The lowest BCUT2D eigenvalue weighted by molar-refractivity contribution is 0.668. The van der Waals surface area contributed by atoms with Gasteiger partial charge in [0.25, 0.3) is 0 Å². The maximum Gasteiger partial charge on any atom is 0.158 e. The second-order valence-corrected chi connectivity index (χ2v) is 18.6. The van der Waals surface area contributed by atoms with Crippen LogP contribution in [0.25, 0.3) is 76.9 Å². The van der Waals surface area contributed by atoms with Crippen molar-refractivity contribution in [2.45, 2.75) is 0 Å². The normalized spacial score (nSPS) is 11.8. The Labute approximate surface area is 490 Å². The summed E-state index contributed by atoms with van der Waals surface area (Å²) in [4.78, 5) is 1.19. The molecule has 58 radical (unpaired) electrons. The standard InChI is InChI=1S/C46B29NO2/c47-11-3(12(48)27(63)32(68)26(11)62)1-2-8-20(56)30(66)34(70)39(75)45(8)78-44(2)23(59)10-9-21(57)31(67)38(74)42(46(9)77-43(1)10)76(40-22(58)7-6(19(55)35(40)71)15(51)24(60)25(61)16(7)52)41-36(72)17(53)5(18(54)37(41)73)4-13(49)28(64)33(69)29(65)14(4)50. The first kappa shape index (κ1) is 56.6. The van der Waals surface area contributed by atoms with Crippen molar-refractivity contribution in [1.29, 1.82) is 0 Å². The van der Waals surface area contributed by atoms with Crippen LogP contribution in [0.15, 0.2) is 8.83 Å². The van der Waals surface area contributed by atoms with Gasteiger partial charge in [0.1, 0.15) is 244 Å². The summed E-state index contributed by atoms with van der Waals surface area (Å²) in [6.45, 7) is 0. The van der Waals surface area contributed by atoms with Crippen molar-refractivity contribution in [3.8, 4) is 22.3 Å². The molecule has 0 aliphatic carbocycles. The number of furan rings is 2. The van der Waals surface area contributed by atoms with Gasteiger partial charge in [-0.1, -0.05) is 92.9 Å². The lowest BCUT2D eigenvalue weighted by atomic mass is 9.56. The van der Waals surface area contributed by atoms with Crippen molar-refractivity contribution in [2.75, 3.05) is 4.90 Å². The van der Waals surface area contributed by atoms with Crippen LogP contribution in [0.1, 0.15) is 0 Å². The molecule has 10 aromatic rings. The molecule has 0 saturated carbocycles. The van der Waals surface area contributed by atoms with Crippen LogP contribution < -0.4 is 163 Å². The van der Waals surface area contributed by atoms with E-state index in [0.29, 0.717) is 0 Å². The summed E-state index contributed by atoms with van der Waals surface area (Å²) in [5.41, 5.74) is -8.21. The fourth-order valence-corrected chi connectivity index (χ4v) is 10.4. The van der Waals surface area contributed by atoms with Gasteiger partial charge in [-0.2, -0.15) is 0 Å². The topological polar surface area (TPSA) is 29.5 Å². The zero-order chi connectivity index (χ0) is 57.5. The van der Waals surface area contributed by atoms with Crippen molar-refractivity contribution in [2.24, 2.45) is 0 Å². The van der Waals surface area contributed by atoms with E-state index in [4.69, 9.17) is 236 Å². The van der Waals surface area contributed by atoms with Crippen molar-refractivity contribution in [3.63, 3.8) is 0 Å². The largest absolute Gasteiger partial charge is 0.457 e. The zero-order valence-electron chi connectivity index (χ0n) is 41.0. The summed E-state index contributed by atoms with van der Waals surface area (Å²) in [6.07, 6.45) is 0. The molecule has 0 unspecified atom stereocenters. The van der Waals surface area contributed by atoms with E-state index in [1.165, 1.54) is 4.90 Å². The Morgan fingerprint density at radius 2 is 0.397 bits per heavy atom. The number of fused-ring (bicyclic) bond motifs is 7. The van der Waals surface area contributed by atoms with Crippen molar-refractivity contribution >= 4 is 458 Å². The molecule has 0 spiro atoms. The fraction of sp³-hybridized carbons (Fsp3) is 0. The van der Waals surface area contributed by atoms with Gasteiger partial charge in [0, 0.05) is 38.5 Å². The molecule has 2 aromatic heterocycles. The molecule has 0 atom stereocenters. The van der Waals surface area contributed by atoms with Crippen LogP contribution in [0.5, 0.6) is 0 Å². The summed E-state index contributed by atoms with van der Waals surface area (Å²) in [7, 11) is 195. The Morgan fingerprint density at radius 1 is 0.154 bits per heavy atom. The SMILES string of the molecule is [B]c1c([B])c([B])c(-c2c([B])c([B])c(N(c3c([B])c([B])c4c([B])c([B])c([B])c([B])c4c3[B])c3c([B])c([B])c([B])c4c3oc3c(-c5c([B])c([B])c([B])c([B])c5[B])c5c(oc6c([B])c([B])c([B])c([B])c65)c([B])c34)c([B])c2[B])c([B])c1[B]. The fourth-order valence-electron chi connectivity index (χ4n) is 10.4. The van der Waals surface area contributed by atoms with E-state index < -0.39 is 10.9 Å². The Bertz CT molecular complexity index is 4420. The van der Waals surface area contributed by atoms with Crippen LogP contribution in [-0.2, 0) is 0 Å². The molecule has 10 rings (SSSR count).